The molecule has 2 aromatic heterocycles. The van der Waals surface area contributed by atoms with Gasteiger partial charge in [-0.25, -0.2) is 0 Å². The van der Waals surface area contributed by atoms with Gasteiger partial charge < -0.3 is 14.2 Å². The molecule has 0 saturated heterocycles. The molecule has 0 bridgehead atoms. The summed E-state index contributed by atoms with van der Waals surface area (Å²) in [5.74, 6) is 0.248. The van der Waals surface area contributed by atoms with Crippen LogP contribution < -0.4 is 10.3 Å². The Morgan fingerprint density at radius 3 is 2.52 bits per heavy atom. The first kappa shape index (κ1) is 16.7. The fourth-order valence-electron chi connectivity index (χ4n) is 2.33. The van der Waals surface area contributed by atoms with Crippen LogP contribution in [-0.2, 0) is 4.79 Å². The SMILES string of the molecule is Cc1cc(OCC(=O)N(C)C)cc(=O)n1[C@H](C)c1ccncc1. The van der Waals surface area contributed by atoms with Gasteiger partial charge in [-0.2, -0.15) is 0 Å². The lowest BCUT2D eigenvalue weighted by atomic mass is 10.1. The summed E-state index contributed by atoms with van der Waals surface area (Å²) < 4.78 is 7.11. The van der Waals surface area contributed by atoms with Gasteiger partial charge in [0, 0.05) is 38.2 Å². The van der Waals surface area contributed by atoms with Crippen LogP contribution in [-0.4, -0.2) is 41.1 Å². The zero-order chi connectivity index (χ0) is 17.0. The third-order valence-corrected chi connectivity index (χ3v) is 3.67. The highest BCUT2D eigenvalue weighted by Crippen LogP contribution is 2.19. The number of hydrogen-bond acceptors (Lipinski definition) is 4. The Labute approximate surface area is 135 Å². The van der Waals surface area contributed by atoms with E-state index in [9.17, 15) is 9.59 Å². The topological polar surface area (TPSA) is 64.4 Å². The number of likely N-dealkylation sites (N-methyl/N-ethyl adjacent to an activating group) is 1. The maximum atomic E-state index is 12.4. The van der Waals surface area contributed by atoms with Crippen molar-refractivity contribution in [2.75, 3.05) is 20.7 Å². The summed E-state index contributed by atoms with van der Waals surface area (Å²) in [6, 6.07) is 6.84. The van der Waals surface area contributed by atoms with E-state index in [4.69, 9.17) is 4.74 Å². The molecule has 0 aliphatic heterocycles. The lowest BCUT2D eigenvalue weighted by Gasteiger charge is -2.19. The van der Waals surface area contributed by atoms with Gasteiger partial charge >= 0.3 is 0 Å². The molecule has 6 nitrogen and oxygen atoms in total. The van der Waals surface area contributed by atoms with Crippen molar-refractivity contribution in [2.24, 2.45) is 0 Å². The molecule has 2 rings (SSSR count). The maximum absolute atomic E-state index is 12.4. The fourth-order valence-corrected chi connectivity index (χ4v) is 2.33. The summed E-state index contributed by atoms with van der Waals surface area (Å²) in [5, 5.41) is 0. The van der Waals surface area contributed by atoms with E-state index in [-0.39, 0.29) is 24.1 Å². The minimum absolute atomic E-state index is 0.0875. The van der Waals surface area contributed by atoms with Crippen LogP contribution in [0.1, 0.15) is 24.2 Å². The summed E-state index contributed by atoms with van der Waals surface area (Å²) in [7, 11) is 3.32. The van der Waals surface area contributed by atoms with Crippen LogP contribution in [0.25, 0.3) is 0 Å². The van der Waals surface area contributed by atoms with E-state index in [1.165, 1.54) is 11.0 Å². The number of pyridine rings is 2. The molecule has 0 spiro atoms. The highest BCUT2D eigenvalue weighted by molar-refractivity contribution is 5.77. The quantitative estimate of drug-likeness (QED) is 0.841. The fraction of sp³-hybridized carbons (Fsp3) is 0.353. The van der Waals surface area contributed by atoms with Crippen molar-refractivity contribution < 1.29 is 9.53 Å². The van der Waals surface area contributed by atoms with Crippen molar-refractivity contribution >= 4 is 5.91 Å². The van der Waals surface area contributed by atoms with Gasteiger partial charge in [-0.3, -0.25) is 14.6 Å². The molecule has 0 aliphatic carbocycles. The summed E-state index contributed by atoms with van der Waals surface area (Å²) in [6.07, 6.45) is 3.41. The predicted octanol–water partition coefficient (Wildman–Crippen LogP) is 1.63. The Balaban J connectivity index is 2.24. The number of aryl methyl sites for hydroxylation is 1. The minimum Gasteiger partial charge on any atom is -0.484 e. The molecule has 0 fully saturated rings. The van der Waals surface area contributed by atoms with Crippen LogP contribution in [0.5, 0.6) is 5.75 Å². The Morgan fingerprint density at radius 2 is 1.96 bits per heavy atom. The van der Waals surface area contributed by atoms with Crippen LogP contribution in [0, 0.1) is 6.92 Å². The molecule has 1 amide bonds. The van der Waals surface area contributed by atoms with Crippen LogP contribution in [0.15, 0.2) is 41.5 Å². The van der Waals surface area contributed by atoms with Gasteiger partial charge in [0.15, 0.2) is 6.61 Å². The highest BCUT2D eigenvalue weighted by atomic mass is 16.5. The van der Waals surface area contributed by atoms with Crippen LogP contribution in [0.2, 0.25) is 0 Å². The number of hydrogen-bond donors (Lipinski definition) is 0. The first-order valence-electron chi connectivity index (χ1n) is 7.36. The van der Waals surface area contributed by atoms with Crippen molar-refractivity contribution in [3.63, 3.8) is 0 Å². The molecule has 122 valence electrons. The molecule has 0 saturated carbocycles. The Bertz CT molecular complexity index is 738. The molecule has 0 radical (unpaired) electrons. The highest BCUT2D eigenvalue weighted by Gasteiger charge is 2.14. The molecule has 1 atom stereocenters. The number of nitrogens with zero attached hydrogens (tertiary/aromatic N) is 3. The second-order valence-electron chi connectivity index (χ2n) is 5.57. The Morgan fingerprint density at radius 1 is 1.30 bits per heavy atom. The summed E-state index contributed by atoms with van der Waals surface area (Å²) in [6.45, 7) is 3.72. The summed E-state index contributed by atoms with van der Waals surface area (Å²) in [5.41, 5.74) is 1.61. The van der Waals surface area contributed by atoms with Crippen LogP contribution in [0.3, 0.4) is 0 Å². The van der Waals surface area contributed by atoms with E-state index in [0.29, 0.717) is 5.75 Å². The lowest BCUT2D eigenvalue weighted by Crippen LogP contribution is -2.29. The van der Waals surface area contributed by atoms with Crippen LogP contribution >= 0.6 is 0 Å². The number of carbonyl (C=O) groups is 1. The van der Waals surface area contributed by atoms with Crippen molar-refractivity contribution in [1.82, 2.24) is 14.5 Å². The summed E-state index contributed by atoms with van der Waals surface area (Å²) in [4.78, 5) is 29.4. The van der Waals surface area contributed by atoms with Gasteiger partial charge in [0.1, 0.15) is 5.75 Å². The van der Waals surface area contributed by atoms with Crippen LogP contribution in [0.4, 0.5) is 0 Å². The monoisotopic (exact) mass is 315 g/mol. The van der Waals surface area contributed by atoms with E-state index in [1.54, 1.807) is 37.1 Å². The standard InChI is InChI=1S/C17H21N3O3/c1-12-9-15(23-11-17(22)19(3)4)10-16(21)20(12)13(2)14-5-7-18-8-6-14/h5-10,13H,11H2,1-4H3/t13-/m1/s1. The molecule has 0 aromatic carbocycles. The minimum atomic E-state index is -0.165. The van der Waals surface area contributed by atoms with Gasteiger partial charge in [-0.05, 0) is 37.6 Å². The van der Waals surface area contributed by atoms with Gasteiger partial charge in [0.05, 0.1) is 6.04 Å². The average molecular weight is 315 g/mol. The first-order valence-corrected chi connectivity index (χ1v) is 7.36. The van der Waals surface area contributed by atoms with Crippen molar-refractivity contribution in [1.29, 1.82) is 0 Å². The summed E-state index contributed by atoms with van der Waals surface area (Å²) >= 11 is 0. The largest absolute Gasteiger partial charge is 0.484 e. The molecule has 23 heavy (non-hydrogen) atoms. The molecule has 0 aliphatic rings. The van der Waals surface area contributed by atoms with Gasteiger partial charge in [0.2, 0.25) is 0 Å². The second kappa shape index (κ2) is 7.09. The molecule has 2 heterocycles. The molecule has 2 aromatic rings. The van der Waals surface area contributed by atoms with Gasteiger partial charge in [0.25, 0.3) is 11.5 Å². The lowest BCUT2D eigenvalue weighted by molar-refractivity contribution is -0.130. The molecule has 0 N–H and O–H groups in total. The van der Waals surface area contributed by atoms with Crippen molar-refractivity contribution in [2.45, 2.75) is 19.9 Å². The van der Waals surface area contributed by atoms with E-state index in [0.717, 1.165) is 11.3 Å². The third-order valence-electron chi connectivity index (χ3n) is 3.67. The zero-order valence-electron chi connectivity index (χ0n) is 13.8. The number of ether oxygens (including phenoxy) is 1. The van der Waals surface area contributed by atoms with Gasteiger partial charge in [-0.15, -0.1) is 0 Å². The van der Waals surface area contributed by atoms with E-state index in [2.05, 4.69) is 4.98 Å². The zero-order valence-corrected chi connectivity index (χ0v) is 13.8. The number of carbonyl (C=O) groups excluding carboxylic acids is 1. The average Bonchev–Trinajstić information content (AvgIpc) is 2.52. The van der Waals surface area contributed by atoms with E-state index < -0.39 is 0 Å². The molecule has 0 unspecified atom stereocenters. The Hall–Kier alpha value is -2.63. The molecule has 6 heteroatoms. The smallest absolute Gasteiger partial charge is 0.259 e. The van der Waals surface area contributed by atoms with E-state index >= 15 is 0 Å². The number of aromatic nitrogens is 2. The number of amides is 1. The maximum Gasteiger partial charge on any atom is 0.259 e. The van der Waals surface area contributed by atoms with Crippen molar-refractivity contribution in [3.8, 4) is 5.75 Å². The third kappa shape index (κ3) is 3.97. The Kier molecular flexibility index (Phi) is 5.16. The predicted molar refractivity (Wildman–Crippen MR) is 87.7 cm³/mol. The molecular formula is C17H21N3O3. The first-order chi connectivity index (χ1) is 10.9. The van der Waals surface area contributed by atoms with Gasteiger partial charge in [-0.1, -0.05) is 0 Å². The van der Waals surface area contributed by atoms with E-state index in [1.807, 2.05) is 26.0 Å². The van der Waals surface area contributed by atoms with Crippen molar-refractivity contribution in [3.05, 3.63) is 58.3 Å². The number of rotatable bonds is 5. The second-order valence-corrected chi connectivity index (χ2v) is 5.57. The normalized spacial score (nSPS) is 11.8. The molecular weight excluding hydrogens is 294 g/mol.